The normalized spacial score (nSPS) is 11.5. The highest BCUT2D eigenvalue weighted by Crippen LogP contribution is 2.45. The molecule has 0 amide bonds. The topological polar surface area (TPSA) is 8.81 Å². The Bertz CT molecular complexity index is 2900. The zero-order valence-electron chi connectivity index (χ0n) is 41.8. The third-order valence-electron chi connectivity index (χ3n) is 14.7. The molecule has 0 aliphatic rings. The number of aromatic nitrogens is 2. The van der Waals surface area contributed by atoms with Crippen molar-refractivity contribution in [2.75, 3.05) is 0 Å². The molecule has 11 aromatic rings. The van der Waals surface area contributed by atoms with Crippen molar-refractivity contribution in [3.8, 4) is 11.4 Å². The van der Waals surface area contributed by atoms with Gasteiger partial charge in [0, 0.05) is 45.9 Å². The molecular formula is C71H61N2+. The molecule has 2 heteroatoms. The van der Waals surface area contributed by atoms with E-state index in [1.807, 2.05) is 0 Å². The van der Waals surface area contributed by atoms with Crippen LogP contribution in [-0.4, -0.2) is 4.57 Å². The van der Waals surface area contributed by atoms with Gasteiger partial charge in [-0.25, -0.2) is 9.13 Å². The van der Waals surface area contributed by atoms with Crippen LogP contribution >= 0.6 is 0 Å². The highest BCUT2D eigenvalue weighted by molar-refractivity contribution is 5.64. The van der Waals surface area contributed by atoms with Crippen LogP contribution in [0.1, 0.15) is 115 Å². The Morgan fingerprint density at radius 1 is 0.315 bits per heavy atom. The Balaban J connectivity index is 1.25. The van der Waals surface area contributed by atoms with Crippen LogP contribution in [0.3, 0.4) is 0 Å². The van der Waals surface area contributed by atoms with Gasteiger partial charge in [0.05, 0.1) is 0 Å². The standard InChI is InChI=1S/C71H61N2/c1-3-52-47-62(66(54-29-13-5-14-30-54)55-31-15-6-16-32-55)70(63(48-52)67(56-33-17-7-18-34-56)57-35-19-8-20-36-57)72-45-46-73(51-72)71-64(68(58-37-21-9-22-38-58)59-39-23-10-24-40-59)49-53(4-2)50-65(71)69(60-41-25-11-26-42-60)61-43-27-12-28-44-61/h5-51,66-69H,3-4H2,1-2H3/q+1. The predicted octanol–water partition coefficient (Wildman–Crippen LogP) is 16.6. The Hall–Kier alpha value is -8.59. The van der Waals surface area contributed by atoms with Gasteiger partial charge in [-0.3, -0.25) is 0 Å². The van der Waals surface area contributed by atoms with Gasteiger partial charge >= 0.3 is 0 Å². The van der Waals surface area contributed by atoms with Crippen molar-refractivity contribution in [1.29, 1.82) is 0 Å². The van der Waals surface area contributed by atoms with Gasteiger partial charge in [0.15, 0.2) is 0 Å². The summed E-state index contributed by atoms with van der Waals surface area (Å²) in [6, 6.07) is 98.8. The van der Waals surface area contributed by atoms with Crippen molar-refractivity contribution in [2.45, 2.75) is 50.4 Å². The maximum Gasteiger partial charge on any atom is 0.254 e. The SMILES string of the molecule is CCc1cc(C(c2ccccc2)c2ccccc2)c(-n2cc[n+](-c3c(C(c4ccccc4)c4ccccc4)cc(CC)cc3C(c3ccccc3)c3ccccc3)c2)c(C(c2ccccc2)c2ccccc2)c1. The molecule has 1 heterocycles. The fourth-order valence-electron chi connectivity index (χ4n) is 11.4. The monoisotopic (exact) mass is 941 g/mol. The molecule has 0 N–H and O–H groups in total. The van der Waals surface area contributed by atoms with E-state index >= 15 is 0 Å². The van der Waals surface area contributed by atoms with Crippen LogP contribution in [0.5, 0.6) is 0 Å². The summed E-state index contributed by atoms with van der Waals surface area (Å²) in [5, 5.41) is 0. The predicted molar refractivity (Wildman–Crippen MR) is 301 cm³/mol. The lowest BCUT2D eigenvalue weighted by Crippen LogP contribution is -2.33. The van der Waals surface area contributed by atoms with Gasteiger partial charge in [0.25, 0.3) is 6.33 Å². The van der Waals surface area contributed by atoms with E-state index in [4.69, 9.17) is 0 Å². The molecule has 0 saturated heterocycles. The maximum atomic E-state index is 2.50. The molecular weight excluding hydrogens is 881 g/mol. The molecule has 354 valence electrons. The summed E-state index contributed by atoms with van der Waals surface area (Å²) in [5.74, 6) is -0.216. The zero-order valence-corrected chi connectivity index (χ0v) is 41.8. The average Bonchev–Trinajstić information content (AvgIpc) is 3.95. The molecule has 0 unspecified atom stereocenters. The summed E-state index contributed by atoms with van der Waals surface area (Å²) >= 11 is 0. The summed E-state index contributed by atoms with van der Waals surface area (Å²) < 4.78 is 4.90. The van der Waals surface area contributed by atoms with E-state index in [-0.39, 0.29) is 23.7 Å². The van der Waals surface area contributed by atoms with Crippen LogP contribution in [0, 0.1) is 0 Å². The summed E-state index contributed by atoms with van der Waals surface area (Å²) in [4.78, 5) is 0. The van der Waals surface area contributed by atoms with Gasteiger partial charge in [-0.05, 0) is 68.5 Å². The van der Waals surface area contributed by atoms with Gasteiger partial charge in [0.1, 0.15) is 23.8 Å². The number of benzene rings is 10. The van der Waals surface area contributed by atoms with E-state index in [2.05, 4.69) is 309 Å². The van der Waals surface area contributed by atoms with Crippen LogP contribution in [0.2, 0.25) is 0 Å². The molecule has 0 saturated carbocycles. The van der Waals surface area contributed by atoms with Crippen LogP contribution < -0.4 is 4.57 Å². The van der Waals surface area contributed by atoms with Crippen LogP contribution in [-0.2, 0) is 12.8 Å². The van der Waals surface area contributed by atoms with E-state index in [9.17, 15) is 0 Å². The van der Waals surface area contributed by atoms with Crippen LogP contribution in [0.25, 0.3) is 11.4 Å². The molecule has 0 aliphatic carbocycles. The smallest absolute Gasteiger partial charge is 0.201 e. The third-order valence-corrected chi connectivity index (χ3v) is 14.7. The Morgan fingerprint density at radius 2 is 0.548 bits per heavy atom. The van der Waals surface area contributed by atoms with Crippen molar-refractivity contribution in [3.05, 3.63) is 364 Å². The maximum absolute atomic E-state index is 2.50. The van der Waals surface area contributed by atoms with Crippen LogP contribution in [0.4, 0.5) is 0 Å². The molecule has 0 radical (unpaired) electrons. The minimum atomic E-state index is -0.0539. The summed E-state index contributed by atoms with van der Waals surface area (Å²) in [6.45, 7) is 4.59. The average molecular weight is 942 g/mol. The molecule has 0 spiro atoms. The van der Waals surface area contributed by atoms with E-state index < -0.39 is 0 Å². The van der Waals surface area contributed by atoms with Gasteiger partial charge in [-0.1, -0.05) is 281 Å². The number of nitrogens with zero attached hydrogens (tertiary/aromatic N) is 2. The number of rotatable bonds is 16. The molecule has 0 aliphatic heterocycles. The molecule has 0 fully saturated rings. The fraction of sp³-hybridized carbons (Fsp3) is 0.113. The molecule has 0 bridgehead atoms. The number of aryl methyl sites for hydroxylation is 2. The molecule has 10 aromatic carbocycles. The Kier molecular flexibility index (Phi) is 14.0. The molecule has 11 rings (SSSR count). The first kappa shape index (κ1) is 46.8. The van der Waals surface area contributed by atoms with E-state index in [1.165, 1.54) is 89.3 Å². The molecule has 1 aromatic heterocycles. The van der Waals surface area contributed by atoms with Gasteiger partial charge in [0.2, 0.25) is 0 Å². The van der Waals surface area contributed by atoms with E-state index in [0.717, 1.165) is 12.8 Å². The lowest BCUT2D eigenvalue weighted by molar-refractivity contribution is -0.595. The number of imidazole rings is 1. The van der Waals surface area contributed by atoms with Crippen molar-refractivity contribution in [1.82, 2.24) is 4.57 Å². The summed E-state index contributed by atoms with van der Waals surface area (Å²) in [5.41, 5.74) is 20.1. The summed E-state index contributed by atoms with van der Waals surface area (Å²) in [6.07, 6.45) is 8.80. The lowest BCUT2D eigenvalue weighted by atomic mass is 9.77. The Labute approximate surface area is 432 Å². The van der Waals surface area contributed by atoms with Crippen molar-refractivity contribution in [2.24, 2.45) is 0 Å². The molecule has 2 nitrogen and oxygen atoms in total. The second kappa shape index (κ2) is 21.8. The molecule has 0 atom stereocenters. The van der Waals surface area contributed by atoms with Gasteiger partial charge < -0.3 is 0 Å². The van der Waals surface area contributed by atoms with Crippen molar-refractivity contribution in [3.63, 3.8) is 0 Å². The quantitative estimate of drug-likeness (QED) is 0.0674. The van der Waals surface area contributed by atoms with Gasteiger partial charge in [-0.2, -0.15) is 0 Å². The lowest BCUT2D eigenvalue weighted by Gasteiger charge is -2.27. The summed E-state index contributed by atoms with van der Waals surface area (Å²) in [7, 11) is 0. The Morgan fingerprint density at radius 3 is 0.795 bits per heavy atom. The zero-order chi connectivity index (χ0) is 49.3. The second-order valence-electron chi connectivity index (χ2n) is 19.2. The first-order valence-corrected chi connectivity index (χ1v) is 26.0. The van der Waals surface area contributed by atoms with Crippen molar-refractivity contribution >= 4 is 0 Å². The fourth-order valence-corrected chi connectivity index (χ4v) is 11.4. The minimum Gasteiger partial charge on any atom is -0.201 e. The highest BCUT2D eigenvalue weighted by atomic mass is 15.1. The molecule has 73 heavy (non-hydrogen) atoms. The second-order valence-corrected chi connectivity index (χ2v) is 19.2. The number of hydrogen-bond donors (Lipinski definition) is 0. The van der Waals surface area contributed by atoms with Crippen molar-refractivity contribution < 1.29 is 4.57 Å². The van der Waals surface area contributed by atoms with Crippen LogP contribution in [0.15, 0.2) is 286 Å². The first-order valence-electron chi connectivity index (χ1n) is 26.0. The van der Waals surface area contributed by atoms with E-state index in [0.29, 0.717) is 0 Å². The largest absolute Gasteiger partial charge is 0.254 e. The number of hydrogen-bond acceptors (Lipinski definition) is 0. The van der Waals surface area contributed by atoms with Gasteiger partial charge in [-0.15, -0.1) is 0 Å². The third kappa shape index (κ3) is 9.77. The minimum absolute atomic E-state index is 0.0539. The highest BCUT2D eigenvalue weighted by Gasteiger charge is 2.34. The van der Waals surface area contributed by atoms with E-state index in [1.54, 1.807) is 0 Å². The first-order chi connectivity index (χ1) is 36.2.